The minimum atomic E-state index is -0.453. The van der Waals surface area contributed by atoms with Crippen molar-refractivity contribution < 1.29 is 8.78 Å². The predicted molar refractivity (Wildman–Crippen MR) is 129 cm³/mol. The molecule has 2 aromatic carbocycles. The molecule has 1 unspecified atom stereocenters. The third-order valence-electron chi connectivity index (χ3n) is 5.12. The lowest BCUT2D eigenvalue weighted by Crippen LogP contribution is -2.10. The van der Waals surface area contributed by atoms with Crippen molar-refractivity contribution in [1.29, 1.82) is 0 Å². The van der Waals surface area contributed by atoms with Gasteiger partial charge in [-0.2, -0.15) is 0 Å². The van der Waals surface area contributed by atoms with Gasteiger partial charge in [0.05, 0.1) is 27.7 Å². The molecule has 33 heavy (non-hydrogen) atoms. The van der Waals surface area contributed by atoms with Crippen molar-refractivity contribution in [2.75, 3.05) is 5.32 Å². The molecule has 0 radical (unpaired) electrons. The van der Waals surface area contributed by atoms with Crippen molar-refractivity contribution in [2.24, 2.45) is 5.73 Å². The highest BCUT2D eigenvalue weighted by molar-refractivity contribution is 7.20. The Kier molecular flexibility index (Phi) is 5.50. The van der Waals surface area contributed by atoms with Gasteiger partial charge in [0.25, 0.3) is 0 Å². The molecule has 0 aliphatic heterocycles. The summed E-state index contributed by atoms with van der Waals surface area (Å²) in [5.74, 6) is 5.85. The van der Waals surface area contributed by atoms with Gasteiger partial charge in [-0.25, -0.2) is 18.7 Å². The zero-order valence-electron chi connectivity index (χ0n) is 17.6. The second kappa shape index (κ2) is 8.62. The first kappa shape index (κ1) is 21.1. The summed E-state index contributed by atoms with van der Waals surface area (Å²) in [6.45, 7) is 2.08. The molecule has 3 aromatic heterocycles. The van der Waals surface area contributed by atoms with E-state index in [1.165, 1.54) is 23.7 Å². The molecule has 0 amide bonds. The van der Waals surface area contributed by atoms with E-state index in [-0.39, 0.29) is 12.6 Å². The van der Waals surface area contributed by atoms with Crippen molar-refractivity contribution in [3.63, 3.8) is 0 Å². The number of thiophene rings is 1. The highest BCUT2D eigenvalue weighted by Gasteiger charge is 2.11. The summed E-state index contributed by atoms with van der Waals surface area (Å²) in [5.41, 5.74) is 8.62. The van der Waals surface area contributed by atoms with E-state index < -0.39 is 11.6 Å². The van der Waals surface area contributed by atoms with Crippen LogP contribution in [0.1, 0.15) is 17.4 Å². The Morgan fingerprint density at radius 1 is 1.12 bits per heavy atom. The van der Waals surface area contributed by atoms with Crippen molar-refractivity contribution in [1.82, 2.24) is 14.5 Å². The SMILES string of the molecule is CC(N)C#Cc1cc2ncnc(Nc3ccc4c(ccn4Cc4cc(F)ccc4F)c3)c2s1. The van der Waals surface area contributed by atoms with Gasteiger partial charge in [0, 0.05) is 28.4 Å². The molecule has 5 nitrogen and oxygen atoms in total. The molecule has 3 heterocycles. The molecule has 0 saturated carbocycles. The first-order chi connectivity index (χ1) is 16.0. The molecule has 0 aliphatic rings. The van der Waals surface area contributed by atoms with Crippen LogP contribution in [0.4, 0.5) is 20.3 Å². The molecule has 0 saturated heterocycles. The lowest BCUT2D eigenvalue weighted by atomic mass is 10.2. The Bertz CT molecular complexity index is 1540. The van der Waals surface area contributed by atoms with E-state index in [1.54, 1.807) is 0 Å². The van der Waals surface area contributed by atoms with Crippen LogP contribution in [0.2, 0.25) is 0 Å². The third kappa shape index (κ3) is 4.42. The van der Waals surface area contributed by atoms with E-state index in [2.05, 4.69) is 27.1 Å². The van der Waals surface area contributed by atoms with E-state index >= 15 is 0 Å². The minimum Gasteiger partial charge on any atom is -0.343 e. The van der Waals surface area contributed by atoms with Gasteiger partial charge < -0.3 is 15.6 Å². The average Bonchev–Trinajstić information content (AvgIpc) is 3.39. The number of aromatic nitrogens is 3. The minimum absolute atomic E-state index is 0.199. The molecule has 0 aliphatic carbocycles. The van der Waals surface area contributed by atoms with Gasteiger partial charge in [0.15, 0.2) is 5.82 Å². The summed E-state index contributed by atoms with van der Waals surface area (Å²) in [6, 6.07) is 13.0. The molecule has 5 aromatic rings. The van der Waals surface area contributed by atoms with Gasteiger partial charge in [-0.05, 0) is 55.5 Å². The molecule has 0 fully saturated rings. The Hall–Kier alpha value is -3.80. The average molecular weight is 460 g/mol. The van der Waals surface area contributed by atoms with Crippen molar-refractivity contribution in [3.8, 4) is 11.8 Å². The first-order valence-corrected chi connectivity index (χ1v) is 11.1. The summed E-state index contributed by atoms with van der Waals surface area (Å²) >= 11 is 1.51. The maximum Gasteiger partial charge on any atom is 0.151 e. The Morgan fingerprint density at radius 3 is 2.85 bits per heavy atom. The van der Waals surface area contributed by atoms with Crippen LogP contribution in [-0.2, 0) is 6.54 Å². The molecule has 0 bridgehead atoms. The maximum absolute atomic E-state index is 14.1. The normalized spacial score (nSPS) is 12.0. The molecule has 0 spiro atoms. The van der Waals surface area contributed by atoms with E-state index in [0.29, 0.717) is 11.4 Å². The highest BCUT2D eigenvalue weighted by atomic mass is 32.1. The zero-order valence-corrected chi connectivity index (χ0v) is 18.5. The monoisotopic (exact) mass is 459 g/mol. The van der Waals surface area contributed by atoms with Crippen LogP contribution in [0.3, 0.4) is 0 Å². The lowest BCUT2D eigenvalue weighted by Gasteiger charge is -2.09. The number of nitrogens with one attached hydrogen (secondary N) is 1. The second-order valence-electron chi connectivity index (χ2n) is 7.68. The lowest BCUT2D eigenvalue weighted by molar-refractivity contribution is 0.579. The van der Waals surface area contributed by atoms with E-state index in [4.69, 9.17) is 5.73 Å². The first-order valence-electron chi connectivity index (χ1n) is 10.3. The Labute approximate surface area is 192 Å². The zero-order chi connectivity index (χ0) is 22.9. The number of hydrogen-bond acceptors (Lipinski definition) is 5. The van der Waals surface area contributed by atoms with Crippen LogP contribution in [0.5, 0.6) is 0 Å². The van der Waals surface area contributed by atoms with Crippen molar-refractivity contribution in [3.05, 3.63) is 83.1 Å². The van der Waals surface area contributed by atoms with Gasteiger partial charge in [-0.1, -0.05) is 11.8 Å². The fourth-order valence-corrected chi connectivity index (χ4v) is 4.51. The molecule has 5 rings (SSSR count). The van der Waals surface area contributed by atoms with E-state index in [1.807, 2.05) is 48.0 Å². The Balaban J connectivity index is 1.43. The van der Waals surface area contributed by atoms with E-state index in [0.717, 1.165) is 43.8 Å². The van der Waals surface area contributed by atoms with Crippen LogP contribution in [0.15, 0.2) is 61.1 Å². The number of nitrogens with two attached hydrogens (primary N) is 1. The molecule has 3 N–H and O–H groups in total. The topological polar surface area (TPSA) is 68.8 Å². The van der Waals surface area contributed by atoms with Gasteiger partial charge in [0.2, 0.25) is 0 Å². The quantitative estimate of drug-likeness (QED) is 0.353. The van der Waals surface area contributed by atoms with Gasteiger partial charge in [-0.15, -0.1) is 11.3 Å². The van der Waals surface area contributed by atoms with Crippen molar-refractivity contribution >= 4 is 44.0 Å². The molecular formula is C25H19F2N5S. The number of benzene rings is 2. The number of halogens is 2. The summed E-state index contributed by atoms with van der Waals surface area (Å²) in [5, 5.41) is 4.33. The fourth-order valence-electron chi connectivity index (χ4n) is 3.59. The summed E-state index contributed by atoms with van der Waals surface area (Å²) < 4.78 is 30.4. The van der Waals surface area contributed by atoms with Gasteiger partial charge in [-0.3, -0.25) is 0 Å². The fraction of sp³-hybridized carbons (Fsp3) is 0.120. The highest BCUT2D eigenvalue weighted by Crippen LogP contribution is 2.31. The third-order valence-corrected chi connectivity index (χ3v) is 6.16. The van der Waals surface area contributed by atoms with E-state index in [9.17, 15) is 8.78 Å². The number of fused-ring (bicyclic) bond motifs is 2. The second-order valence-corrected chi connectivity index (χ2v) is 8.74. The molecular weight excluding hydrogens is 440 g/mol. The summed E-state index contributed by atoms with van der Waals surface area (Å²) in [4.78, 5) is 9.62. The van der Waals surface area contributed by atoms with Crippen LogP contribution in [-0.4, -0.2) is 20.6 Å². The molecule has 1 atom stereocenters. The van der Waals surface area contributed by atoms with Crippen LogP contribution in [0, 0.1) is 23.5 Å². The molecule has 164 valence electrons. The van der Waals surface area contributed by atoms with Gasteiger partial charge in [0.1, 0.15) is 18.0 Å². The predicted octanol–water partition coefficient (Wildman–Crippen LogP) is 5.41. The standard InChI is InChI=1S/C25H19F2N5S/c1-15(28)2-5-20-12-22-24(33-20)25(30-14-29-22)31-19-4-7-23-16(11-19)8-9-32(23)13-17-10-18(26)3-6-21(17)27/h3-4,6-12,14-15H,13,28H2,1H3,(H,29,30,31). The number of rotatable bonds is 4. The maximum atomic E-state index is 14.1. The number of anilines is 2. The van der Waals surface area contributed by atoms with Crippen LogP contribution >= 0.6 is 11.3 Å². The number of nitrogens with zero attached hydrogens (tertiary/aromatic N) is 3. The number of hydrogen-bond donors (Lipinski definition) is 2. The summed E-state index contributed by atoms with van der Waals surface area (Å²) in [7, 11) is 0. The van der Waals surface area contributed by atoms with Crippen LogP contribution in [0.25, 0.3) is 21.1 Å². The van der Waals surface area contributed by atoms with Crippen LogP contribution < -0.4 is 11.1 Å². The largest absolute Gasteiger partial charge is 0.343 e. The van der Waals surface area contributed by atoms with Gasteiger partial charge >= 0.3 is 0 Å². The Morgan fingerprint density at radius 2 is 2.00 bits per heavy atom. The summed E-state index contributed by atoms with van der Waals surface area (Å²) in [6.07, 6.45) is 3.38. The molecule has 8 heteroatoms. The van der Waals surface area contributed by atoms with Crippen molar-refractivity contribution in [2.45, 2.75) is 19.5 Å². The smallest absolute Gasteiger partial charge is 0.151 e.